The molecule has 0 fully saturated rings. The standard InChI is InChI=1S/C20H18N4O3S/c1-28(26,27)23-17-4-2-3-16(9-17)18-12-24-19(10-22-20(24)11-21-18)15-7-5-14(13-25)6-8-15/h2-12,23,25H,13H2,1H3. The summed E-state index contributed by atoms with van der Waals surface area (Å²) in [5.41, 5.74) is 5.36. The Morgan fingerprint density at radius 1 is 1.04 bits per heavy atom. The summed E-state index contributed by atoms with van der Waals surface area (Å²) in [4.78, 5) is 8.85. The average molecular weight is 394 g/mol. The van der Waals surface area contributed by atoms with E-state index in [9.17, 15) is 13.5 Å². The number of fused-ring (bicyclic) bond motifs is 1. The molecule has 0 saturated heterocycles. The van der Waals surface area contributed by atoms with Crippen molar-refractivity contribution in [1.82, 2.24) is 14.4 Å². The lowest BCUT2D eigenvalue weighted by atomic mass is 10.1. The first-order valence-electron chi connectivity index (χ1n) is 8.54. The van der Waals surface area contributed by atoms with Gasteiger partial charge in [-0.3, -0.25) is 14.1 Å². The maximum atomic E-state index is 11.5. The largest absolute Gasteiger partial charge is 0.392 e. The summed E-state index contributed by atoms with van der Waals surface area (Å²) in [6.07, 6.45) is 6.44. The molecule has 0 saturated carbocycles. The molecule has 28 heavy (non-hydrogen) atoms. The molecule has 0 radical (unpaired) electrons. The number of aromatic nitrogens is 3. The summed E-state index contributed by atoms with van der Waals surface area (Å²) < 4.78 is 27.4. The van der Waals surface area contributed by atoms with Crippen LogP contribution in [0.15, 0.2) is 67.1 Å². The van der Waals surface area contributed by atoms with Crippen LogP contribution < -0.4 is 4.72 Å². The molecule has 0 atom stereocenters. The van der Waals surface area contributed by atoms with Crippen molar-refractivity contribution >= 4 is 21.4 Å². The first kappa shape index (κ1) is 18.1. The molecule has 0 spiro atoms. The average Bonchev–Trinajstić information content (AvgIpc) is 3.10. The van der Waals surface area contributed by atoms with Crippen LogP contribution in [-0.2, 0) is 16.6 Å². The molecule has 2 aromatic heterocycles. The van der Waals surface area contributed by atoms with Gasteiger partial charge in [0.25, 0.3) is 0 Å². The highest BCUT2D eigenvalue weighted by Crippen LogP contribution is 2.25. The molecule has 0 bridgehead atoms. The monoisotopic (exact) mass is 394 g/mol. The van der Waals surface area contributed by atoms with E-state index in [1.54, 1.807) is 30.6 Å². The Balaban J connectivity index is 1.76. The summed E-state index contributed by atoms with van der Waals surface area (Å²) >= 11 is 0. The number of rotatable bonds is 5. The topological polar surface area (TPSA) is 96.6 Å². The van der Waals surface area contributed by atoms with E-state index in [1.807, 2.05) is 40.9 Å². The predicted molar refractivity (Wildman–Crippen MR) is 108 cm³/mol. The molecule has 0 aliphatic heterocycles. The van der Waals surface area contributed by atoms with Gasteiger partial charge in [0.1, 0.15) is 0 Å². The summed E-state index contributed by atoms with van der Waals surface area (Å²) in [6, 6.07) is 14.7. The molecule has 142 valence electrons. The number of hydrogen-bond acceptors (Lipinski definition) is 5. The second-order valence-corrected chi connectivity index (χ2v) is 8.20. The summed E-state index contributed by atoms with van der Waals surface area (Å²) in [7, 11) is -3.35. The van der Waals surface area contributed by atoms with Gasteiger partial charge in [0.2, 0.25) is 10.0 Å². The molecule has 0 amide bonds. The number of benzene rings is 2. The fraction of sp³-hybridized carbons (Fsp3) is 0.100. The first-order chi connectivity index (χ1) is 13.4. The van der Waals surface area contributed by atoms with E-state index in [1.165, 1.54) is 0 Å². The van der Waals surface area contributed by atoms with Gasteiger partial charge in [-0.15, -0.1) is 0 Å². The molecule has 2 heterocycles. The molecular weight excluding hydrogens is 376 g/mol. The van der Waals surface area contributed by atoms with Crippen LogP contribution in [0.4, 0.5) is 5.69 Å². The number of nitrogens with one attached hydrogen (secondary N) is 1. The molecule has 0 aliphatic carbocycles. The quantitative estimate of drug-likeness (QED) is 0.542. The van der Waals surface area contributed by atoms with Gasteiger partial charge in [0.05, 0.1) is 36.6 Å². The van der Waals surface area contributed by atoms with E-state index in [0.717, 1.165) is 28.6 Å². The third kappa shape index (κ3) is 3.73. The van der Waals surface area contributed by atoms with Crippen LogP contribution in [0.1, 0.15) is 5.56 Å². The highest BCUT2D eigenvalue weighted by Gasteiger charge is 2.10. The van der Waals surface area contributed by atoms with Crippen molar-refractivity contribution in [1.29, 1.82) is 0 Å². The minimum absolute atomic E-state index is 0.000638. The van der Waals surface area contributed by atoms with Gasteiger partial charge in [0, 0.05) is 23.0 Å². The molecule has 2 N–H and O–H groups in total. The van der Waals surface area contributed by atoms with Gasteiger partial charge >= 0.3 is 0 Å². The molecule has 4 aromatic rings. The van der Waals surface area contributed by atoms with Crippen molar-refractivity contribution in [2.24, 2.45) is 0 Å². The second-order valence-electron chi connectivity index (χ2n) is 6.45. The van der Waals surface area contributed by atoms with E-state index in [4.69, 9.17) is 0 Å². The molecule has 0 unspecified atom stereocenters. The second kappa shape index (κ2) is 7.06. The Labute approximate surface area is 162 Å². The zero-order valence-corrected chi connectivity index (χ0v) is 15.9. The molecule has 7 nitrogen and oxygen atoms in total. The maximum absolute atomic E-state index is 11.5. The Hall–Kier alpha value is -3.23. The van der Waals surface area contributed by atoms with Crippen molar-refractivity contribution in [3.05, 3.63) is 72.7 Å². The van der Waals surface area contributed by atoms with Gasteiger partial charge < -0.3 is 5.11 Å². The van der Waals surface area contributed by atoms with E-state index >= 15 is 0 Å². The van der Waals surface area contributed by atoms with Crippen LogP contribution in [0, 0.1) is 0 Å². The fourth-order valence-corrected chi connectivity index (χ4v) is 3.54. The lowest BCUT2D eigenvalue weighted by Crippen LogP contribution is -2.09. The van der Waals surface area contributed by atoms with Gasteiger partial charge in [-0.1, -0.05) is 36.4 Å². The summed E-state index contributed by atoms with van der Waals surface area (Å²) in [6.45, 7) is -0.000638. The number of anilines is 1. The number of hydrogen-bond donors (Lipinski definition) is 2. The predicted octanol–water partition coefficient (Wildman–Crippen LogP) is 2.93. The lowest BCUT2D eigenvalue weighted by molar-refractivity contribution is 0.282. The van der Waals surface area contributed by atoms with Crippen LogP contribution in [0.2, 0.25) is 0 Å². The van der Waals surface area contributed by atoms with Crippen LogP contribution >= 0.6 is 0 Å². The number of sulfonamides is 1. The highest BCUT2D eigenvalue weighted by molar-refractivity contribution is 7.92. The molecule has 4 rings (SSSR count). The minimum Gasteiger partial charge on any atom is -0.392 e. The molecule has 8 heteroatoms. The minimum atomic E-state index is -3.35. The number of imidazole rings is 1. The zero-order valence-electron chi connectivity index (χ0n) is 15.1. The summed E-state index contributed by atoms with van der Waals surface area (Å²) in [5.74, 6) is 0. The van der Waals surface area contributed by atoms with E-state index in [-0.39, 0.29) is 6.61 Å². The summed E-state index contributed by atoms with van der Waals surface area (Å²) in [5, 5.41) is 9.22. The molecular formula is C20H18N4O3S. The third-order valence-electron chi connectivity index (χ3n) is 4.29. The van der Waals surface area contributed by atoms with Gasteiger partial charge in [-0.2, -0.15) is 0 Å². The Morgan fingerprint density at radius 2 is 1.82 bits per heavy atom. The SMILES string of the molecule is CS(=O)(=O)Nc1cccc(-c2cn3c(-c4ccc(CO)cc4)cnc3cn2)c1. The van der Waals surface area contributed by atoms with Crippen LogP contribution in [-0.4, -0.2) is 34.1 Å². The number of aliphatic hydroxyl groups excluding tert-OH is 1. The lowest BCUT2D eigenvalue weighted by Gasteiger charge is -2.08. The molecule has 0 aliphatic rings. The Kier molecular flexibility index (Phi) is 4.58. The zero-order chi connectivity index (χ0) is 19.7. The van der Waals surface area contributed by atoms with Crippen molar-refractivity contribution < 1.29 is 13.5 Å². The van der Waals surface area contributed by atoms with E-state index in [2.05, 4.69) is 14.7 Å². The van der Waals surface area contributed by atoms with Crippen molar-refractivity contribution in [3.8, 4) is 22.5 Å². The van der Waals surface area contributed by atoms with Crippen molar-refractivity contribution in [2.75, 3.05) is 11.0 Å². The number of aliphatic hydroxyl groups is 1. The Morgan fingerprint density at radius 3 is 2.54 bits per heavy atom. The van der Waals surface area contributed by atoms with Crippen molar-refractivity contribution in [2.45, 2.75) is 6.61 Å². The number of nitrogens with zero attached hydrogens (tertiary/aromatic N) is 3. The normalized spacial score (nSPS) is 11.6. The van der Waals surface area contributed by atoms with Crippen molar-refractivity contribution in [3.63, 3.8) is 0 Å². The molecule has 2 aromatic carbocycles. The fourth-order valence-electron chi connectivity index (χ4n) is 2.99. The smallest absolute Gasteiger partial charge is 0.229 e. The van der Waals surface area contributed by atoms with Crippen LogP contribution in [0.25, 0.3) is 28.2 Å². The first-order valence-corrected chi connectivity index (χ1v) is 10.4. The van der Waals surface area contributed by atoms with Gasteiger partial charge in [-0.05, 0) is 17.7 Å². The van der Waals surface area contributed by atoms with Gasteiger partial charge in [-0.25, -0.2) is 13.4 Å². The van der Waals surface area contributed by atoms with Crippen LogP contribution in [0.3, 0.4) is 0 Å². The van der Waals surface area contributed by atoms with E-state index in [0.29, 0.717) is 17.0 Å². The highest BCUT2D eigenvalue weighted by atomic mass is 32.2. The maximum Gasteiger partial charge on any atom is 0.229 e. The Bertz CT molecular complexity index is 1250. The van der Waals surface area contributed by atoms with Crippen LogP contribution in [0.5, 0.6) is 0 Å². The van der Waals surface area contributed by atoms with E-state index < -0.39 is 10.0 Å². The van der Waals surface area contributed by atoms with Gasteiger partial charge in [0.15, 0.2) is 5.65 Å². The third-order valence-corrected chi connectivity index (χ3v) is 4.90.